The lowest BCUT2D eigenvalue weighted by molar-refractivity contribution is -0.121. The van der Waals surface area contributed by atoms with Gasteiger partial charge in [0, 0.05) is 12.8 Å². The maximum absolute atomic E-state index is 11.5. The predicted octanol–water partition coefficient (Wildman–Crippen LogP) is -0.459. The van der Waals surface area contributed by atoms with Gasteiger partial charge < -0.3 is 0 Å². The van der Waals surface area contributed by atoms with Crippen LogP contribution in [0, 0.1) is 0 Å². The number of carbonyl (C=O) groups excluding carboxylic acids is 1. The Balaban J connectivity index is 1.84. The van der Waals surface area contributed by atoms with Crippen molar-refractivity contribution in [1.29, 1.82) is 0 Å². The van der Waals surface area contributed by atoms with Crippen LogP contribution in [0.5, 0.6) is 0 Å². The summed E-state index contributed by atoms with van der Waals surface area (Å²) in [5.41, 5.74) is 2.03. The van der Waals surface area contributed by atoms with E-state index < -0.39 is 11.2 Å². The van der Waals surface area contributed by atoms with E-state index >= 15 is 0 Å². The topological polar surface area (TPSA) is 120 Å². The standard InChI is InChI=1S/C13H13N5O3/c19-11(17-14-8-9-4-2-1-3-5-9)7-6-10-12(20)15-13(21)18-16-10/h1-5,8H,6-7H2,(H,17,19)(H2,15,18,20,21)/b14-8-. The highest BCUT2D eigenvalue weighted by Crippen LogP contribution is 1.94. The molecule has 1 heterocycles. The summed E-state index contributed by atoms with van der Waals surface area (Å²) in [5.74, 6) is -0.352. The molecule has 3 N–H and O–H groups in total. The second kappa shape index (κ2) is 6.94. The summed E-state index contributed by atoms with van der Waals surface area (Å²) in [7, 11) is 0. The Morgan fingerprint density at radius 3 is 2.76 bits per heavy atom. The third-order valence-corrected chi connectivity index (χ3v) is 2.57. The van der Waals surface area contributed by atoms with E-state index in [1.165, 1.54) is 6.21 Å². The third kappa shape index (κ3) is 4.53. The van der Waals surface area contributed by atoms with E-state index in [0.29, 0.717) is 0 Å². The number of aromatic nitrogens is 3. The van der Waals surface area contributed by atoms with E-state index in [2.05, 4.69) is 20.7 Å². The Hall–Kier alpha value is -3.03. The van der Waals surface area contributed by atoms with Crippen molar-refractivity contribution in [2.75, 3.05) is 0 Å². The first-order valence-electron chi connectivity index (χ1n) is 6.20. The molecule has 2 rings (SSSR count). The summed E-state index contributed by atoms with van der Waals surface area (Å²) < 4.78 is 0. The molecule has 8 heteroatoms. The van der Waals surface area contributed by atoms with Crippen molar-refractivity contribution in [1.82, 2.24) is 20.6 Å². The fourth-order valence-corrected chi connectivity index (χ4v) is 1.55. The average Bonchev–Trinajstić information content (AvgIpc) is 2.47. The molecule has 1 aromatic heterocycles. The molecule has 0 saturated heterocycles. The zero-order valence-electron chi connectivity index (χ0n) is 11.0. The molecule has 0 saturated carbocycles. The lowest BCUT2D eigenvalue weighted by Crippen LogP contribution is -2.28. The Kier molecular flexibility index (Phi) is 4.75. The van der Waals surface area contributed by atoms with Gasteiger partial charge in [0.2, 0.25) is 5.91 Å². The molecule has 108 valence electrons. The molecule has 0 fully saturated rings. The number of H-pyrrole nitrogens is 2. The van der Waals surface area contributed by atoms with Crippen LogP contribution in [-0.2, 0) is 11.2 Å². The molecule has 8 nitrogen and oxygen atoms in total. The van der Waals surface area contributed by atoms with Crippen LogP contribution in [0.25, 0.3) is 0 Å². The Bertz CT molecular complexity index is 748. The smallest absolute Gasteiger partial charge is 0.273 e. The number of hydrogen-bond donors (Lipinski definition) is 3. The number of benzene rings is 1. The van der Waals surface area contributed by atoms with Crippen molar-refractivity contribution in [3.8, 4) is 0 Å². The van der Waals surface area contributed by atoms with Crippen LogP contribution >= 0.6 is 0 Å². The van der Waals surface area contributed by atoms with Gasteiger partial charge in [-0.25, -0.2) is 15.3 Å². The van der Waals surface area contributed by atoms with Gasteiger partial charge in [0.1, 0.15) is 5.69 Å². The third-order valence-electron chi connectivity index (χ3n) is 2.57. The Morgan fingerprint density at radius 1 is 1.29 bits per heavy atom. The summed E-state index contributed by atoms with van der Waals surface area (Å²) in [6.07, 6.45) is 1.66. The average molecular weight is 287 g/mol. The minimum Gasteiger partial charge on any atom is -0.273 e. The first-order chi connectivity index (χ1) is 10.1. The fraction of sp³-hybridized carbons (Fsp3) is 0.154. The Labute approximate surface area is 118 Å². The van der Waals surface area contributed by atoms with E-state index in [4.69, 9.17) is 0 Å². The lowest BCUT2D eigenvalue weighted by Gasteiger charge is -1.99. The number of aromatic amines is 2. The molecule has 0 aliphatic heterocycles. The molecule has 0 atom stereocenters. The zero-order chi connectivity index (χ0) is 15.1. The minimum atomic E-state index is -0.680. The van der Waals surface area contributed by atoms with E-state index in [0.717, 1.165) is 5.56 Å². The normalized spacial score (nSPS) is 10.7. The van der Waals surface area contributed by atoms with E-state index in [1.807, 2.05) is 35.3 Å². The van der Waals surface area contributed by atoms with Crippen molar-refractivity contribution >= 4 is 12.1 Å². The van der Waals surface area contributed by atoms with E-state index in [1.54, 1.807) is 0 Å². The molecular formula is C13H13N5O3. The van der Waals surface area contributed by atoms with Crippen LogP contribution < -0.4 is 16.7 Å². The van der Waals surface area contributed by atoms with Gasteiger partial charge in [0.25, 0.3) is 5.56 Å². The van der Waals surface area contributed by atoms with Crippen molar-refractivity contribution in [2.45, 2.75) is 12.8 Å². The largest absolute Gasteiger partial charge is 0.342 e. The van der Waals surface area contributed by atoms with Crippen LogP contribution in [-0.4, -0.2) is 27.3 Å². The molecule has 21 heavy (non-hydrogen) atoms. The second-order valence-corrected chi connectivity index (χ2v) is 4.16. The summed E-state index contributed by atoms with van der Waals surface area (Å²) >= 11 is 0. The SMILES string of the molecule is O=C(CCc1n[nH]c(=O)[nH]c1=O)N/N=C\c1ccccc1. The zero-order valence-corrected chi connectivity index (χ0v) is 11.0. The molecule has 2 aromatic rings. The van der Waals surface area contributed by atoms with Crippen LogP contribution in [0.4, 0.5) is 0 Å². The van der Waals surface area contributed by atoms with Crippen molar-refractivity contribution in [3.63, 3.8) is 0 Å². The molecule has 0 spiro atoms. The highest BCUT2D eigenvalue weighted by molar-refractivity contribution is 5.82. The highest BCUT2D eigenvalue weighted by atomic mass is 16.2. The number of carbonyl (C=O) groups is 1. The van der Waals surface area contributed by atoms with Gasteiger partial charge in [0.05, 0.1) is 6.21 Å². The van der Waals surface area contributed by atoms with Crippen LogP contribution in [0.2, 0.25) is 0 Å². The maximum atomic E-state index is 11.5. The van der Waals surface area contributed by atoms with Gasteiger partial charge in [-0.3, -0.25) is 14.6 Å². The van der Waals surface area contributed by atoms with Gasteiger partial charge in [-0.15, -0.1) is 0 Å². The van der Waals surface area contributed by atoms with Gasteiger partial charge in [-0.2, -0.15) is 10.2 Å². The first-order valence-corrected chi connectivity index (χ1v) is 6.20. The summed E-state index contributed by atoms with van der Waals surface area (Å²) in [5, 5.41) is 9.49. The number of hydrogen-bond acceptors (Lipinski definition) is 5. The molecule has 0 bridgehead atoms. The summed E-state index contributed by atoms with van der Waals surface area (Å²) in [6.45, 7) is 0. The first kappa shape index (κ1) is 14.4. The van der Waals surface area contributed by atoms with Crippen molar-refractivity contribution < 1.29 is 4.79 Å². The molecule has 0 radical (unpaired) electrons. The second-order valence-electron chi connectivity index (χ2n) is 4.16. The number of hydrazone groups is 1. The van der Waals surface area contributed by atoms with E-state index in [-0.39, 0.29) is 24.4 Å². The lowest BCUT2D eigenvalue weighted by atomic mass is 10.2. The summed E-state index contributed by atoms with van der Waals surface area (Å²) in [6, 6.07) is 9.29. The van der Waals surface area contributed by atoms with E-state index in [9.17, 15) is 14.4 Å². The summed E-state index contributed by atoms with van der Waals surface area (Å²) in [4.78, 5) is 35.7. The predicted molar refractivity (Wildman–Crippen MR) is 76.0 cm³/mol. The molecule has 0 aliphatic carbocycles. The molecule has 1 amide bonds. The molecule has 1 aromatic carbocycles. The Morgan fingerprint density at radius 2 is 2.05 bits per heavy atom. The highest BCUT2D eigenvalue weighted by Gasteiger charge is 2.06. The maximum Gasteiger partial charge on any atom is 0.342 e. The van der Waals surface area contributed by atoms with Gasteiger partial charge >= 0.3 is 5.69 Å². The minimum absolute atomic E-state index is 0.0360. The number of nitrogens with zero attached hydrogens (tertiary/aromatic N) is 2. The van der Waals surface area contributed by atoms with Crippen LogP contribution in [0.3, 0.4) is 0 Å². The van der Waals surface area contributed by atoms with Gasteiger partial charge in [-0.1, -0.05) is 30.3 Å². The van der Waals surface area contributed by atoms with Gasteiger partial charge in [0.15, 0.2) is 0 Å². The fourth-order valence-electron chi connectivity index (χ4n) is 1.55. The van der Waals surface area contributed by atoms with Crippen LogP contribution in [0.1, 0.15) is 17.7 Å². The molecular weight excluding hydrogens is 274 g/mol. The molecule has 0 unspecified atom stereocenters. The van der Waals surface area contributed by atoms with Crippen LogP contribution in [0.15, 0.2) is 45.0 Å². The number of amides is 1. The van der Waals surface area contributed by atoms with Gasteiger partial charge in [-0.05, 0) is 5.56 Å². The van der Waals surface area contributed by atoms with Crippen molar-refractivity contribution in [3.05, 3.63) is 62.4 Å². The quantitative estimate of drug-likeness (QED) is 0.509. The molecule has 0 aliphatic rings. The number of aryl methyl sites for hydroxylation is 1. The monoisotopic (exact) mass is 287 g/mol. The number of nitrogens with one attached hydrogen (secondary N) is 3. The number of rotatable bonds is 5. The van der Waals surface area contributed by atoms with Crippen molar-refractivity contribution in [2.24, 2.45) is 5.10 Å².